The lowest BCUT2D eigenvalue weighted by molar-refractivity contribution is -0.116. The van der Waals surface area contributed by atoms with Crippen LogP contribution < -0.4 is 11.1 Å². The molecule has 1 aromatic heterocycles. The second-order valence-electron chi connectivity index (χ2n) is 4.48. The maximum atomic E-state index is 11.4. The molecule has 1 aliphatic heterocycles. The minimum atomic E-state index is -0.178. The van der Waals surface area contributed by atoms with Gasteiger partial charge in [0.1, 0.15) is 0 Å². The first-order valence-electron chi connectivity index (χ1n) is 5.84. The smallest absolute Gasteiger partial charge is 0.254 e. The summed E-state index contributed by atoms with van der Waals surface area (Å²) < 4.78 is 0. The molecule has 2 rings (SSSR count). The van der Waals surface area contributed by atoms with E-state index in [1.165, 1.54) is 6.21 Å². The molecule has 5 nitrogen and oxygen atoms in total. The molecular weight excluding hydrogens is 228 g/mol. The summed E-state index contributed by atoms with van der Waals surface area (Å²) in [5.74, 6) is 0.213. The Balaban J connectivity index is 2.14. The van der Waals surface area contributed by atoms with Crippen LogP contribution in [0.5, 0.6) is 0 Å². The van der Waals surface area contributed by atoms with Crippen molar-refractivity contribution in [2.45, 2.75) is 19.8 Å². The third-order valence-electron chi connectivity index (χ3n) is 2.73. The lowest BCUT2D eigenvalue weighted by Crippen LogP contribution is -2.18. The van der Waals surface area contributed by atoms with Crippen molar-refractivity contribution in [3.8, 4) is 0 Å². The van der Waals surface area contributed by atoms with E-state index in [9.17, 15) is 4.79 Å². The summed E-state index contributed by atoms with van der Waals surface area (Å²) in [6.45, 7) is 4.56. The topological polar surface area (TPSA) is 80.4 Å². The zero-order valence-electron chi connectivity index (χ0n) is 10.5. The van der Waals surface area contributed by atoms with Crippen LogP contribution >= 0.6 is 0 Å². The standard InChI is InChI=1S/C13H16N4O/c1-8(2)12-4-3-9(5-16-12)15-6-10-11(14)7-17-13(10)18/h3-6,8H,7,14H2,1-2H3,(H,17,18). The first kappa shape index (κ1) is 12.3. The number of carbonyl (C=O) groups excluding carboxylic acids is 1. The summed E-state index contributed by atoms with van der Waals surface area (Å²) in [7, 11) is 0. The third-order valence-corrected chi connectivity index (χ3v) is 2.73. The van der Waals surface area contributed by atoms with E-state index in [2.05, 4.69) is 29.1 Å². The molecule has 1 amide bonds. The third kappa shape index (κ3) is 2.56. The van der Waals surface area contributed by atoms with E-state index in [-0.39, 0.29) is 5.91 Å². The molecule has 0 atom stereocenters. The summed E-state index contributed by atoms with van der Waals surface area (Å²) in [5.41, 5.74) is 8.37. The Kier molecular flexibility index (Phi) is 3.41. The summed E-state index contributed by atoms with van der Waals surface area (Å²) in [6, 6.07) is 3.81. The van der Waals surface area contributed by atoms with Gasteiger partial charge in [-0.3, -0.25) is 14.8 Å². The van der Waals surface area contributed by atoms with E-state index in [0.717, 1.165) is 5.69 Å². The van der Waals surface area contributed by atoms with Gasteiger partial charge in [0.15, 0.2) is 0 Å². The number of hydrogen-bond donors (Lipinski definition) is 2. The maximum absolute atomic E-state index is 11.4. The molecule has 0 fully saturated rings. The van der Waals surface area contributed by atoms with Crippen molar-refractivity contribution in [2.75, 3.05) is 6.54 Å². The average molecular weight is 244 g/mol. The molecule has 0 bridgehead atoms. The van der Waals surface area contributed by atoms with Gasteiger partial charge < -0.3 is 11.1 Å². The molecule has 94 valence electrons. The molecule has 18 heavy (non-hydrogen) atoms. The molecule has 0 aliphatic carbocycles. The summed E-state index contributed by atoms with van der Waals surface area (Å²) in [6.07, 6.45) is 3.18. The van der Waals surface area contributed by atoms with Gasteiger partial charge >= 0.3 is 0 Å². The number of hydrogen-bond acceptors (Lipinski definition) is 4. The van der Waals surface area contributed by atoms with Crippen molar-refractivity contribution in [2.24, 2.45) is 10.7 Å². The number of nitrogens with zero attached hydrogens (tertiary/aromatic N) is 2. The Labute approximate surface area is 106 Å². The van der Waals surface area contributed by atoms with Gasteiger partial charge in [-0.15, -0.1) is 0 Å². The van der Waals surface area contributed by atoms with Crippen molar-refractivity contribution >= 4 is 17.8 Å². The second kappa shape index (κ2) is 5.00. The number of amides is 1. The molecule has 0 unspecified atom stereocenters. The SMILES string of the molecule is CC(C)c1ccc(N=CC2=C(N)CNC2=O)cn1. The molecule has 1 aliphatic rings. The number of nitrogens with two attached hydrogens (primary N) is 1. The quantitative estimate of drug-likeness (QED) is 0.785. The van der Waals surface area contributed by atoms with E-state index in [1.807, 2.05) is 12.1 Å². The highest BCUT2D eigenvalue weighted by atomic mass is 16.1. The molecule has 0 aromatic carbocycles. The number of nitrogens with one attached hydrogen (secondary N) is 1. The lowest BCUT2D eigenvalue weighted by Gasteiger charge is -2.03. The normalized spacial score (nSPS) is 15.8. The van der Waals surface area contributed by atoms with E-state index in [4.69, 9.17) is 5.73 Å². The monoisotopic (exact) mass is 244 g/mol. The number of carbonyl (C=O) groups is 1. The highest BCUT2D eigenvalue weighted by molar-refractivity contribution is 6.15. The Morgan fingerprint density at radius 3 is 2.78 bits per heavy atom. The minimum Gasteiger partial charge on any atom is -0.400 e. The van der Waals surface area contributed by atoms with Crippen molar-refractivity contribution in [3.05, 3.63) is 35.3 Å². The first-order chi connectivity index (χ1) is 8.58. The Hall–Kier alpha value is -2.17. The molecule has 5 heteroatoms. The van der Waals surface area contributed by atoms with E-state index in [0.29, 0.717) is 29.4 Å². The van der Waals surface area contributed by atoms with Gasteiger partial charge in [0.25, 0.3) is 5.91 Å². The van der Waals surface area contributed by atoms with Crippen LogP contribution in [0.3, 0.4) is 0 Å². The van der Waals surface area contributed by atoms with Crippen LogP contribution in [0.1, 0.15) is 25.5 Å². The summed E-state index contributed by atoms with van der Waals surface area (Å²) >= 11 is 0. The molecule has 2 heterocycles. The molecule has 3 N–H and O–H groups in total. The van der Waals surface area contributed by atoms with Gasteiger partial charge in [-0.05, 0) is 18.1 Å². The zero-order valence-corrected chi connectivity index (χ0v) is 10.5. The molecule has 1 aromatic rings. The van der Waals surface area contributed by atoms with Crippen molar-refractivity contribution in [1.82, 2.24) is 10.3 Å². The molecule has 0 saturated carbocycles. The number of aromatic nitrogens is 1. The predicted molar refractivity (Wildman–Crippen MR) is 70.7 cm³/mol. The van der Waals surface area contributed by atoms with E-state index in [1.54, 1.807) is 6.20 Å². The van der Waals surface area contributed by atoms with Crippen LogP contribution in [-0.2, 0) is 4.79 Å². The van der Waals surface area contributed by atoms with E-state index < -0.39 is 0 Å². The Bertz CT molecular complexity index is 514. The molecular formula is C13H16N4O. The van der Waals surface area contributed by atoms with Gasteiger partial charge in [0.2, 0.25) is 0 Å². The largest absolute Gasteiger partial charge is 0.400 e. The number of pyridine rings is 1. The van der Waals surface area contributed by atoms with Gasteiger partial charge in [0.05, 0.1) is 24.0 Å². The van der Waals surface area contributed by atoms with Crippen molar-refractivity contribution in [3.63, 3.8) is 0 Å². The fourth-order valence-corrected chi connectivity index (χ4v) is 1.61. The van der Waals surface area contributed by atoms with Crippen molar-refractivity contribution in [1.29, 1.82) is 0 Å². The molecule has 0 radical (unpaired) electrons. The number of aliphatic imine (C=N–C) groups is 1. The first-order valence-corrected chi connectivity index (χ1v) is 5.84. The average Bonchev–Trinajstić information content (AvgIpc) is 2.67. The van der Waals surface area contributed by atoms with Gasteiger partial charge in [-0.25, -0.2) is 0 Å². The summed E-state index contributed by atoms with van der Waals surface area (Å²) in [5, 5.41) is 2.63. The van der Waals surface area contributed by atoms with Gasteiger partial charge in [0, 0.05) is 17.6 Å². The van der Waals surface area contributed by atoms with Gasteiger partial charge in [-0.1, -0.05) is 13.8 Å². The maximum Gasteiger partial charge on any atom is 0.254 e. The highest BCUT2D eigenvalue weighted by Crippen LogP contribution is 2.16. The van der Waals surface area contributed by atoms with E-state index >= 15 is 0 Å². The van der Waals surface area contributed by atoms with Crippen LogP contribution in [0.2, 0.25) is 0 Å². The number of rotatable bonds is 3. The Morgan fingerprint density at radius 2 is 2.28 bits per heavy atom. The zero-order chi connectivity index (χ0) is 13.1. The van der Waals surface area contributed by atoms with Crippen LogP contribution in [0, 0.1) is 0 Å². The highest BCUT2D eigenvalue weighted by Gasteiger charge is 2.18. The van der Waals surface area contributed by atoms with Crippen LogP contribution in [0.15, 0.2) is 34.6 Å². The predicted octanol–water partition coefficient (Wildman–Crippen LogP) is 1.25. The van der Waals surface area contributed by atoms with Crippen LogP contribution in [0.25, 0.3) is 0 Å². The fraction of sp³-hybridized carbons (Fsp3) is 0.308. The fourth-order valence-electron chi connectivity index (χ4n) is 1.61. The Morgan fingerprint density at radius 1 is 1.50 bits per heavy atom. The molecule has 0 spiro atoms. The lowest BCUT2D eigenvalue weighted by atomic mass is 10.1. The minimum absolute atomic E-state index is 0.178. The van der Waals surface area contributed by atoms with Gasteiger partial charge in [-0.2, -0.15) is 0 Å². The van der Waals surface area contributed by atoms with Crippen LogP contribution in [0.4, 0.5) is 5.69 Å². The van der Waals surface area contributed by atoms with Crippen LogP contribution in [-0.4, -0.2) is 23.7 Å². The summed E-state index contributed by atoms with van der Waals surface area (Å²) in [4.78, 5) is 19.9. The van der Waals surface area contributed by atoms with Crippen molar-refractivity contribution < 1.29 is 4.79 Å². The molecule has 0 saturated heterocycles. The second-order valence-corrected chi connectivity index (χ2v) is 4.48.